The Morgan fingerprint density at radius 2 is 1.62 bits per heavy atom. The normalized spacial score (nSPS) is 12.0. The van der Waals surface area contributed by atoms with Crippen molar-refractivity contribution in [1.82, 2.24) is 0 Å². The summed E-state index contributed by atoms with van der Waals surface area (Å²) in [5, 5.41) is 0. The molecule has 0 saturated carbocycles. The first kappa shape index (κ1) is 20.7. The molecule has 0 aliphatic carbocycles. The number of carbonyl (C=O) groups excluding carboxylic acids is 1. The summed E-state index contributed by atoms with van der Waals surface area (Å²) in [5.41, 5.74) is 3.80. The van der Waals surface area contributed by atoms with Gasteiger partial charge in [-0.3, -0.25) is 0 Å². The number of methoxy groups -OCH3 is 1. The van der Waals surface area contributed by atoms with Crippen molar-refractivity contribution < 1.29 is 14.3 Å². The average molecular weight is 345 g/mol. The van der Waals surface area contributed by atoms with Crippen molar-refractivity contribution in [2.75, 3.05) is 13.3 Å². The quantitative estimate of drug-likeness (QED) is 0.343. The van der Waals surface area contributed by atoms with Gasteiger partial charge >= 0.3 is 6.16 Å². The van der Waals surface area contributed by atoms with Gasteiger partial charge in [0, 0.05) is 8.07 Å². The van der Waals surface area contributed by atoms with Crippen LogP contribution in [0.2, 0.25) is 50.4 Å². The van der Waals surface area contributed by atoms with E-state index in [1.165, 1.54) is 36.9 Å². The molecule has 0 aliphatic rings. The monoisotopic (exact) mass is 344 g/mol. The summed E-state index contributed by atoms with van der Waals surface area (Å²) in [7, 11) is -0.231. The summed E-state index contributed by atoms with van der Waals surface area (Å²) in [4.78, 5) is 11.1. The Labute approximate surface area is 135 Å². The van der Waals surface area contributed by atoms with Crippen LogP contribution in [0.4, 0.5) is 4.79 Å². The van der Waals surface area contributed by atoms with Crippen molar-refractivity contribution in [2.45, 2.75) is 64.2 Å². The van der Waals surface area contributed by atoms with Gasteiger partial charge in [0.05, 0.1) is 30.9 Å². The first-order valence-electron chi connectivity index (χ1n) is 7.65. The minimum Gasteiger partial charge on any atom is -0.438 e. The number of carbonyl (C=O) groups is 1. The molecule has 6 heteroatoms. The first-order chi connectivity index (χ1) is 9.58. The minimum absolute atomic E-state index is 0.546. The topological polar surface area (TPSA) is 35.5 Å². The van der Waals surface area contributed by atoms with Crippen LogP contribution < -0.4 is 0 Å². The third kappa shape index (κ3) is 11.9. The zero-order chi connectivity index (χ0) is 16.5. The highest BCUT2D eigenvalue weighted by Gasteiger charge is 2.28. The summed E-state index contributed by atoms with van der Waals surface area (Å²) in [5.74, 6) is 0. The Morgan fingerprint density at radius 1 is 1.05 bits per heavy atom. The van der Waals surface area contributed by atoms with Gasteiger partial charge in [0.15, 0.2) is 0 Å². The predicted molar refractivity (Wildman–Crippen MR) is 97.7 cm³/mol. The molecule has 0 fully saturated rings. The van der Waals surface area contributed by atoms with Crippen LogP contribution in [-0.4, -0.2) is 45.2 Å². The maximum absolute atomic E-state index is 11.1. The molecule has 0 rings (SSSR count). The Bertz CT molecular complexity index is 348. The summed E-state index contributed by atoms with van der Waals surface area (Å²) in [6, 6.07) is 5.33. The third-order valence-corrected chi connectivity index (χ3v) is 11.6. The van der Waals surface area contributed by atoms with Gasteiger partial charge in [0.2, 0.25) is 0 Å². The lowest BCUT2D eigenvalue weighted by Crippen LogP contribution is -2.37. The molecule has 0 bridgehead atoms. The van der Waals surface area contributed by atoms with Crippen molar-refractivity contribution in [3.8, 4) is 0 Å². The fraction of sp³-hybridized carbons (Fsp3) is 0.800. The molecule has 122 valence electrons. The van der Waals surface area contributed by atoms with E-state index in [9.17, 15) is 4.79 Å². The Balaban J connectivity index is 4.09. The number of hydrogen-bond donors (Lipinski definition) is 0. The largest absolute Gasteiger partial charge is 0.507 e. The second-order valence-corrected chi connectivity index (χ2v) is 19.1. The molecule has 0 aromatic carbocycles. The summed E-state index contributed by atoms with van der Waals surface area (Å²) >= 11 is 0. The van der Waals surface area contributed by atoms with Crippen LogP contribution in [0.25, 0.3) is 0 Å². The lowest BCUT2D eigenvalue weighted by molar-refractivity contribution is 0.0849. The molecule has 0 aliphatic heterocycles. The summed E-state index contributed by atoms with van der Waals surface area (Å²) in [6.45, 7) is 13.9. The van der Waals surface area contributed by atoms with E-state index in [0.29, 0.717) is 6.23 Å². The minimum atomic E-state index is -1.46. The van der Waals surface area contributed by atoms with Crippen LogP contribution in [0, 0.1) is 0 Å². The number of hydrogen-bond acceptors (Lipinski definition) is 3. The van der Waals surface area contributed by atoms with Gasteiger partial charge in [-0.15, -0.1) is 5.70 Å². The lowest BCUT2D eigenvalue weighted by atomic mass is 10.4. The molecule has 2 radical (unpaired) electrons. The molecular formula is C15H32O3Si3. The summed E-state index contributed by atoms with van der Waals surface area (Å²) in [6.07, 6.45) is 0.0268. The Kier molecular flexibility index (Phi) is 9.48. The van der Waals surface area contributed by atoms with Crippen molar-refractivity contribution in [2.24, 2.45) is 0 Å². The van der Waals surface area contributed by atoms with Crippen molar-refractivity contribution in [3.63, 3.8) is 0 Å². The maximum Gasteiger partial charge on any atom is 0.507 e. The molecule has 0 saturated heterocycles. The van der Waals surface area contributed by atoms with Gasteiger partial charge in [-0.2, -0.15) is 0 Å². The smallest absolute Gasteiger partial charge is 0.438 e. The standard InChI is InChI=1S/C15H32O3Si3/c1-14(2)12-19-8-9-20(4,5)10-11-21(6,7)13-18-15(16)17-3/h12H,8-11,13H2,1-7H3. The maximum atomic E-state index is 11.1. The molecule has 0 amide bonds. The third-order valence-electron chi connectivity index (χ3n) is 3.56. The molecule has 0 N–H and O–H groups in total. The number of rotatable bonds is 9. The van der Waals surface area contributed by atoms with E-state index in [1.807, 2.05) is 0 Å². The highest BCUT2D eigenvalue weighted by Crippen LogP contribution is 2.25. The lowest BCUT2D eigenvalue weighted by Gasteiger charge is -2.28. The average Bonchev–Trinajstić information content (AvgIpc) is 2.39. The van der Waals surface area contributed by atoms with Gasteiger partial charge in [-0.1, -0.05) is 55.9 Å². The molecule has 0 unspecified atom stereocenters. The molecule has 0 atom stereocenters. The molecule has 3 nitrogen and oxygen atoms in total. The van der Waals surface area contributed by atoms with Crippen LogP contribution in [0.1, 0.15) is 13.8 Å². The van der Waals surface area contributed by atoms with Crippen molar-refractivity contribution in [1.29, 1.82) is 0 Å². The fourth-order valence-corrected chi connectivity index (χ4v) is 12.0. The fourth-order valence-electron chi connectivity index (χ4n) is 1.87. The van der Waals surface area contributed by atoms with Gasteiger partial charge in [0.1, 0.15) is 0 Å². The molecule has 0 heterocycles. The van der Waals surface area contributed by atoms with Crippen LogP contribution in [-0.2, 0) is 9.47 Å². The second-order valence-electron chi connectivity index (χ2n) is 7.50. The number of ether oxygens (including phenoxy) is 2. The van der Waals surface area contributed by atoms with E-state index in [1.54, 1.807) is 0 Å². The Morgan fingerprint density at radius 3 is 2.14 bits per heavy atom. The van der Waals surface area contributed by atoms with Crippen LogP contribution >= 0.6 is 0 Å². The molecule has 0 aromatic heterocycles. The van der Waals surface area contributed by atoms with E-state index < -0.39 is 22.3 Å². The first-order valence-corrected chi connectivity index (χ1v) is 15.8. The molecule has 21 heavy (non-hydrogen) atoms. The Hall–Kier alpha value is -0.339. The highest BCUT2D eigenvalue weighted by molar-refractivity contribution is 6.83. The second kappa shape index (κ2) is 9.63. The molecule has 0 spiro atoms. The number of allylic oxidation sites excluding steroid dienone is 1. The SMILES string of the molecule is COC(=O)OC[Si](C)(C)CC[Si](C)(C)CC[Si]C=C(C)C. The summed E-state index contributed by atoms with van der Waals surface area (Å²) < 4.78 is 9.70. The van der Waals surface area contributed by atoms with Crippen LogP contribution in [0.5, 0.6) is 0 Å². The van der Waals surface area contributed by atoms with E-state index in [0.717, 1.165) is 9.52 Å². The van der Waals surface area contributed by atoms with E-state index >= 15 is 0 Å². The van der Waals surface area contributed by atoms with E-state index in [-0.39, 0.29) is 0 Å². The van der Waals surface area contributed by atoms with Gasteiger partial charge in [-0.05, 0) is 13.8 Å². The highest BCUT2D eigenvalue weighted by atomic mass is 28.3. The van der Waals surface area contributed by atoms with Gasteiger partial charge in [-0.25, -0.2) is 4.79 Å². The van der Waals surface area contributed by atoms with Crippen molar-refractivity contribution >= 4 is 31.8 Å². The van der Waals surface area contributed by atoms with Gasteiger partial charge < -0.3 is 9.47 Å². The zero-order valence-corrected chi connectivity index (χ0v) is 17.8. The molecular weight excluding hydrogens is 312 g/mol. The van der Waals surface area contributed by atoms with Crippen molar-refractivity contribution in [3.05, 3.63) is 11.3 Å². The van der Waals surface area contributed by atoms with E-state index in [2.05, 4.69) is 50.5 Å². The predicted octanol–water partition coefficient (Wildman–Crippen LogP) is 4.77. The zero-order valence-electron chi connectivity index (χ0n) is 14.8. The van der Waals surface area contributed by atoms with Crippen LogP contribution in [0.3, 0.4) is 0 Å². The van der Waals surface area contributed by atoms with E-state index in [4.69, 9.17) is 4.74 Å². The molecule has 0 aromatic rings. The van der Waals surface area contributed by atoms with Gasteiger partial charge in [0.25, 0.3) is 0 Å². The van der Waals surface area contributed by atoms with Crippen LogP contribution in [0.15, 0.2) is 11.3 Å².